The van der Waals surface area contributed by atoms with E-state index in [1.54, 1.807) is 34.6 Å². The molecular weight excluding hydrogens is 217 g/mol. The molecule has 5 nitrogen and oxygen atoms in total. The maximum absolute atomic E-state index is 11.3. The molecule has 0 aliphatic rings. The maximum Gasteiger partial charge on any atom is 0.408 e. The molecule has 0 aromatic carbocycles. The van der Waals surface area contributed by atoms with Gasteiger partial charge in [0, 0.05) is 0 Å². The summed E-state index contributed by atoms with van der Waals surface area (Å²) in [6.07, 6.45) is -0.705. The van der Waals surface area contributed by atoms with E-state index >= 15 is 0 Å². The molecule has 1 amide bonds. The number of aliphatic carboxylic acids is 1. The first-order valence-electron chi connectivity index (χ1n) is 4.86. The Hall–Kier alpha value is -1.33. The van der Waals surface area contributed by atoms with Crippen LogP contribution in [0, 0.1) is 5.92 Å². The molecule has 96 valence electrons. The van der Waals surface area contributed by atoms with Gasteiger partial charge >= 0.3 is 12.1 Å². The summed E-state index contributed by atoms with van der Waals surface area (Å²) in [7, 11) is 0. The number of rotatable bonds is 3. The van der Waals surface area contributed by atoms with Gasteiger partial charge in [-0.1, -0.05) is 13.8 Å². The van der Waals surface area contributed by atoms with E-state index in [-0.39, 0.29) is 10.6 Å². The molecule has 2 N–H and O–H groups in total. The first-order chi connectivity index (χ1) is 6.63. The van der Waals surface area contributed by atoms with Gasteiger partial charge in [-0.2, -0.15) is 0 Å². The van der Waals surface area contributed by atoms with Crippen LogP contribution in [0.3, 0.4) is 0 Å². The van der Waals surface area contributed by atoms with Crippen molar-refractivity contribution in [3.05, 3.63) is 0 Å². The van der Waals surface area contributed by atoms with Crippen LogP contribution in [0.25, 0.3) is 0 Å². The van der Waals surface area contributed by atoms with Crippen molar-refractivity contribution in [1.29, 1.82) is 0 Å². The lowest BCUT2D eigenvalue weighted by Crippen LogP contribution is -2.46. The molecule has 0 aliphatic carbocycles. The predicted octanol–water partition coefficient (Wildman–Crippen LogP) is 1.77. The topological polar surface area (TPSA) is 75.6 Å². The summed E-state index contributed by atoms with van der Waals surface area (Å²) in [5, 5.41) is 11.1. The number of carbonyl (C=O) groups is 2. The van der Waals surface area contributed by atoms with E-state index in [1.165, 1.54) is 0 Å². The summed E-state index contributed by atoms with van der Waals surface area (Å²) in [6, 6.07) is -0.917. The molecule has 0 bridgehead atoms. The number of nitrogens with one attached hydrogen (secondary N) is 1. The van der Waals surface area contributed by atoms with Gasteiger partial charge in [-0.05, 0) is 26.7 Å². The first-order valence-corrected chi connectivity index (χ1v) is 4.86. The molecule has 0 unspecified atom stereocenters. The lowest BCUT2D eigenvalue weighted by Gasteiger charge is -2.23. The third-order valence-electron chi connectivity index (χ3n) is 1.60. The van der Waals surface area contributed by atoms with Gasteiger partial charge in [0.15, 0.2) is 0 Å². The Labute approximate surface area is 94.5 Å². The van der Waals surface area contributed by atoms with Crippen LogP contribution < -0.4 is 5.32 Å². The van der Waals surface area contributed by atoms with Crippen molar-refractivity contribution < 1.29 is 24.1 Å². The molecule has 0 aromatic rings. The third kappa shape index (κ3) is 7.03. The van der Waals surface area contributed by atoms with Crippen molar-refractivity contribution in [2.24, 2.45) is 5.92 Å². The van der Waals surface area contributed by atoms with E-state index in [9.17, 15) is 9.59 Å². The molecule has 0 radical (unpaired) electrons. The minimum atomic E-state index is -1.06. The second kappa shape index (κ2) is 6.30. The third-order valence-corrected chi connectivity index (χ3v) is 1.60. The van der Waals surface area contributed by atoms with Gasteiger partial charge in [0.25, 0.3) is 0 Å². The van der Waals surface area contributed by atoms with E-state index in [4.69, 9.17) is 9.84 Å². The van der Waals surface area contributed by atoms with Gasteiger partial charge in [0.05, 0.1) is 0 Å². The minimum absolute atomic E-state index is 0. The van der Waals surface area contributed by atoms with Crippen LogP contribution in [0.1, 0.15) is 34.6 Å². The Morgan fingerprint density at radius 2 is 1.69 bits per heavy atom. The lowest BCUT2D eigenvalue weighted by molar-refractivity contribution is -0.140. The van der Waals surface area contributed by atoms with Crippen LogP contribution in [0.2, 0.25) is 0 Å². The summed E-state index contributed by atoms with van der Waals surface area (Å²) >= 11 is 0. The monoisotopic (exact) mass is 237 g/mol. The Morgan fingerprint density at radius 3 is 1.94 bits per heavy atom. The largest absolute Gasteiger partial charge is 0.480 e. The van der Waals surface area contributed by atoms with Crippen LogP contribution in [-0.2, 0) is 9.53 Å². The standard InChI is InChI=1S/C10H19NO4.FH/c1-6(2)7(8(12)13)11-9(14)15-10(3,4)5;/h6-7H,1-5H3,(H,11,14)(H,12,13);1H/t7-;/m0./s1. The number of halogens is 1. The van der Waals surface area contributed by atoms with Gasteiger partial charge in [0.1, 0.15) is 11.6 Å². The van der Waals surface area contributed by atoms with E-state index in [0.717, 1.165) is 0 Å². The number of ether oxygens (including phenoxy) is 1. The van der Waals surface area contributed by atoms with Crippen LogP contribution >= 0.6 is 0 Å². The number of hydrogen-bond acceptors (Lipinski definition) is 3. The summed E-state index contributed by atoms with van der Waals surface area (Å²) in [6.45, 7) is 8.60. The van der Waals surface area contributed by atoms with Gasteiger partial charge < -0.3 is 15.2 Å². The molecule has 0 saturated carbocycles. The van der Waals surface area contributed by atoms with Gasteiger partial charge in [0.2, 0.25) is 0 Å². The Balaban J connectivity index is 0. The van der Waals surface area contributed by atoms with Crippen molar-refractivity contribution in [3.63, 3.8) is 0 Å². The summed E-state index contributed by atoms with van der Waals surface area (Å²) in [5.41, 5.74) is -0.621. The molecule has 0 aliphatic heterocycles. The van der Waals surface area contributed by atoms with E-state index in [0.29, 0.717) is 0 Å². The Kier molecular flexibility index (Phi) is 6.72. The number of alkyl carbamates (subject to hydrolysis) is 1. The SMILES string of the molecule is CC(C)[C@H](NC(=O)OC(C)(C)C)C(=O)O.F. The molecule has 0 spiro atoms. The number of amides is 1. The van der Waals surface area contributed by atoms with Crippen LogP contribution in [0.15, 0.2) is 0 Å². The molecule has 6 heteroatoms. The number of carboxylic acid groups (broad SMARTS) is 1. The van der Waals surface area contributed by atoms with E-state index in [2.05, 4.69) is 5.32 Å². The molecule has 0 aromatic heterocycles. The molecule has 0 heterocycles. The molecule has 0 fully saturated rings. The number of hydrogen-bond donors (Lipinski definition) is 2. The van der Waals surface area contributed by atoms with Gasteiger partial charge in [-0.15, -0.1) is 0 Å². The highest BCUT2D eigenvalue weighted by Crippen LogP contribution is 2.08. The summed E-state index contributed by atoms with van der Waals surface area (Å²) < 4.78 is 4.96. The lowest BCUT2D eigenvalue weighted by atomic mass is 10.1. The van der Waals surface area contributed by atoms with Crippen molar-refractivity contribution in [2.45, 2.75) is 46.3 Å². The average Bonchev–Trinajstić information content (AvgIpc) is 1.95. The second-order valence-corrected chi connectivity index (χ2v) is 4.71. The van der Waals surface area contributed by atoms with Gasteiger partial charge in [-0.25, -0.2) is 9.59 Å². The molecule has 0 saturated heterocycles. The zero-order valence-corrected chi connectivity index (χ0v) is 10.2. The quantitative estimate of drug-likeness (QED) is 0.784. The normalized spacial score (nSPS) is 12.6. The second-order valence-electron chi connectivity index (χ2n) is 4.71. The predicted molar refractivity (Wildman–Crippen MR) is 58.1 cm³/mol. The van der Waals surface area contributed by atoms with Crippen molar-refractivity contribution >= 4 is 12.1 Å². The highest BCUT2D eigenvalue weighted by Gasteiger charge is 2.26. The smallest absolute Gasteiger partial charge is 0.408 e. The molecular formula is C10H20FNO4. The van der Waals surface area contributed by atoms with Crippen molar-refractivity contribution in [3.8, 4) is 0 Å². The van der Waals surface area contributed by atoms with Crippen LogP contribution in [-0.4, -0.2) is 28.8 Å². The fourth-order valence-electron chi connectivity index (χ4n) is 0.948. The highest BCUT2D eigenvalue weighted by atomic mass is 19.0. The van der Waals surface area contributed by atoms with Crippen molar-refractivity contribution in [1.82, 2.24) is 5.32 Å². The van der Waals surface area contributed by atoms with E-state index in [1.807, 2.05) is 0 Å². The van der Waals surface area contributed by atoms with Gasteiger partial charge in [-0.3, -0.25) is 4.70 Å². The Bertz CT molecular complexity index is 248. The Morgan fingerprint density at radius 1 is 1.25 bits per heavy atom. The number of carboxylic acids is 1. The maximum atomic E-state index is 11.3. The van der Waals surface area contributed by atoms with Crippen molar-refractivity contribution in [2.75, 3.05) is 0 Å². The van der Waals surface area contributed by atoms with Crippen LogP contribution in [0.4, 0.5) is 9.50 Å². The average molecular weight is 237 g/mol. The zero-order valence-electron chi connectivity index (χ0n) is 10.2. The highest BCUT2D eigenvalue weighted by molar-refractivity contribution is 5.80. The fraction of sp³-hybridized carbons (Fsp3) is 0.800. The molecule has 16 heavy (non-hydrogen) atoms. The van der Waals surface area contributed by atoms with E-state index < -0.39 is 23.7 Å². The summed E-state index contributed by atoms with van der Waals surface area (Å²) in [5.74, 6) is -1.24. The van der Waals surface area contributed by atoms with Crippen LogP contribution in [0.5, 0.6) is 0 Å². The minimum Gasteiger partial charge on any atom is -0.480 e. The first kappa shape index (κ1) is 17.1. The number of carbonyl (C=O) groups excluding carboxylic acids is 1. The summed E-state index contributed by atoms with van der Waals surface area (Å²) in [4.78, 5) is 22.1. The molecule has 1 atom stereocenters. The fourth-order valence-corrected chi connectivity index (χ4v) is 0.948. The zero-order chi connectivity index (χ0) is 12.2. The molecule has 0 rings (SSSR count).